The van der Waals surface area contributed by atoms with E-state index in [9.17, 15) is 4.79 Å². The zero-order valence-electron chi connectivity index (χ0n) is 7.50. The smallest absolute Gasteiger partial charge is 0.222 e. The van der Waals surface area contributed by atoms with E-state index in [2.05, 4.69) is 0 Å². The first kappa shape index (κ1) is 9.48. The van der Waals surface area contributed by atoms with Gasteiger partial charge in [-0.2, -0.15) is 0 Å². The van der Waals surface area contributed by atoms with E-state index >= 15 is 0 Å². The number of carbonyl (C=O) groups excluding carboxylic acids is 1. The lowest BCUT2D eigenvalue weighted by molar-refractivity contribution is -0.222. The van der Waals surface area contributed by atoms with E-state index in [1.807, 2.05) is 13.8 Å². The zero-order valence-corrected chi connectivity index (χ0v) is 7.50. The third-order valence-corrected chi connectivity index (χ3v) is 1.69. The van der Waals surface area contributed by atoms with Crippen LogP contribution < -0.4 is 5.73 Å². The highest BCUT2D eigenvalue weighted by atomic mass is 16.7. The summed E-state index contributed by atoms with van der Waals surface area (Å²) in [6.45, 7) is 5.33. The number of carbonyl (C=O) groups is 1. The van der Waals surface area contributed by atoms with E-state index in [0.29, 0.717) is 13.2 Å². The first-order valence-corrected chi connectivity index (χ1v) is 4.01. The molecule has 70 valence electrons. The molecule has 2 N–H and O–H groups in total. The molecule has 12 heavy (non-hydrogen) atoms. The molecule has 0 spiro atoms. The van der Waals surface area contributed by atoms with Gasteiger partial charge in [0.15, 0.2) is 6.29 Å². The third-order valence-electron chi connectivity index (χ3n) is 1.69. The summed E-state index contributed by atoms with van der Waals surface area (Å²) in [5.41, 5.74) is 5.04. The molecule has 1 aliphatic heterocycles. The van der Waals surface area contributed by atoms with Crippen LogP contribution >= 0.6 is 0 Å². The number of hydrogen-bond acceptors (Lipinski definition) is 3. The van der Waals surface area contributed by atoms with Gasteiger partial charge in [0.05, 0.1) is 19.6 Å². The number of rotatable bonds is 2. The Labute approximate surface area is 72.0 Å². The van der Waals surface area contributed by atoms with Gasteiger partial charge in [0.1, 0.15) is 0 Å². The van der Waals surface area contributed by atoms with Crippen LogP contribution in [-0.2, 0) is 14.3 Å². The number of amides is 1. The molecular weight excluding hydrogens is 158 g/mol. The van der Waals surface area contributed by atoms with Gasteiger partial charge in [0.2, 0.25) is 5.91 Å². The van der Waals surface area contributed by atoms with Crippen molar-refractivity contribution < 1.29 is 14.3 Å². The minimum absolute atomic E-state index is 0.0497. The third kappa shape index (κ3) is 2.79. The van der Waals surface area contributed by atoms with Crippen LogP contribution in [-0.4, -0.2) is 25.4 Å². The van der Waals surface area contributed by atoms with Gasteiger partial charge in [0.25, 0.3) is 0 Å². The Hall–Kier alpha value is -0.610. The summed E-state index contributed by atoms with van der Waals surface area (Å²) in [7, 11) is 0. The van der Waals surface area contributed by atoms with Crippen molar-refractivity contribution in [2.24, 2.45) is 11.1 Å². The van der Waals surface area contributed by atoms with Crippen LogP contribution in [0.25, 0.3) is 0 Å². The maximum Gasteiger partial charge on any atom is 0.222 e. The van der Waals surface area contributed by atoms with Crippen LogP contribution in [0.5, 0.6) is 0 Å². The highest BCUT2D eigenvalue weighted by Gasteiger charge is 2.28. The fraction of sp³-hybridized carbons (Fsp3) is 0.875. The second-order valence-electron chi connectivity index (χ2n) is 3.89. The maximum absolute atomic E-state index is 10.5. The molecule has 0 aromatic rings. The van der Waals surface area contributed by atoms with Crippen LogP contribution in [0.1, 0.15) is 20.3 Å². The molecule has 1 amide bonds. The van der Waals surface area contributed by atoms with Crippen LogP contribution in [0.15, 0.2) is 0 Å². The Morgan fingerprint density at radius 3 is 2.42 bits per heavy atom. The van der Waals surface area contributed by atoms with Gasteiger partial charge in [-0.15, -0.1) is 0 Å². The Morgan fingerprint density at radius 2 is 2.00 bits per heavy atom. The van der Waals surface area contributed by atoms with E-state index in [1.165, 1.54) is 0 Å². The van der Waals surface area contributed by atoms with Gasteiger partial charge in [-0.1, -0.05) is 13.8 Å². The SMILES string of the molecule is CC1(C)COC(CC(N)=O)OC1. The van der Waals surface area contributed by atoms with Crippen molar-refractivity contribution >= 4 is 5.91 Å². The lowest BCUT2D eigenvalue weighted by Crippen LogP contribution is -2.39. The van der Waals surface area contributed by atoms with Crippen LogP contribution in [0, 0.1) is 5.41 Å². The number of nitrogens with two attached hydrogens (primary N) is 1. The summed E-state index contributed by atoms with van der Waals surface area (Å²) in [5, 5.41) is 0. The number of ether oxygens (including phenoxy) is 2. The predicted octanol–water partition coefficient (Wildman–Crippen LogP) is 0.261. The molecule has 1 saturated heterocycles. The summed E-state index contributed by atoms with van der Waals surface area (Å²) in [4.78, 5) is 10.5. The highest BCUT2D eigenvalue weighted by Crippen LogP contribution is 2.23. The van der Waals surface area contributed by atoms with Crippen molar-refractivity contribution in [2.45, 2.75) is 26.6 Å². The van der Waals surface area contributed by atoms with Gasteiger partial charge >= 0.3 is 0 Å². The van der Waals surface area contributed by atoms with Gasteiger partial charge in [0, 0.05) is 5.41 Å². The normalized spacial score (nSPS) is 23.8. The standard InChI is InChI=1S/C8H15NO3/c1-8(2)4-11-7(12-5-8)3-6(9)10/h7H,3-5H2,1-2H3,(H2,9,10). The van der Waals surface area contributed by atoms with Crippen molar-refractivity contribution in [1.82, 2.24) is 0 Å². The Morgan fingerprint density at radius 1 is 1.50 bits per heavy atom. The Kier molecular flexibility index (Phi) is 2.69. The van der Waals surface area contributed by atoms with E-state index in [1.54, 1.807) is 0 Å². The predicted molar refractivity (Wildman–Crippen MR) is 43.3 cm³/mol. The first-order valence-electron chi connectivity index (χ1n) is 4.01. The second kappa shape index (κ2) is 3.41. The molecule has 0 radical (unpaired) electrons. The molecular formula is C8H15NO3. The fourth-order valence-corrected chi connectivity index (χ4v) is 1.01. The van der Waals surface area contributed by atoms with E-state index in [4.69, 9.17) is 15.2 Å². The minimum Gasteiger partial charge on any atom is -0.370 e. The number of primary amides is 1. The summed E-state index contributed by atoms with van der Waals surface area (Å²) in [6.07, 6.45) is -0.286. The molecule has 0 aliphatic carbocycles. The molecule has 0 saturated carbocycles. The van der Waals surface area contributed by atoms with Crippen LogP contribution in [0.2, 0.25) is 0 Å². The van der Waals surface area contributed by atoms with Gasteiger partial charge < -0.3 is 15.2 Å². The Balaban J connectivity index is 2.31. The van der Waals surface area contributed by atoms with Crippen LogP contribution in [0.3, 0.4) is 0 Å². The molecule has 4 heteroatoms. The minimum atomic E-state index is -0.435. The molecule has 0 unspecified atom stereocenters. The van der Waals surface area contributed by atoms with Gasteiger partial charge in [-0.3, -0.25) is 4.79 Å². The average molecular weight is 173 g/mol. The van der Waals surface area contributed by atoms with E-state index in [0.717, 1.165) is 0 Å². The molecule has 0 bridgehead atoms. The summed E-state index contributed by atoms with van der Waals surface area (Å²) in [6, 6.07) is 0. The summed E-state index contributed by atoms with van der Waals surface area (Å²) >= 11 is 0. The molecule has 1 aliphatic rings. The molecule has 1 heterocycles. The van der Waals surface area contributed by atoms with Crippen LogP contribution in [0.4, 0.5) is 0 Å². The van der Waals surface area contributed by atoms with E-state index in [-0.39, 0.29) is 17.7 Å². The number of hydrogen-bond donors (Lipinski definition) is 1. The van der Waals surface area contributed by atoms with Crippen molar-refractivity contribution in [1.29, 1.82) is 0 Å². The lowest BCUT2D eigenvalue weighted by Gasteiger charge is -2.34. The van der Waals surface area contributed by atoms with Crippen molar-refractivity contribution in [3.63, 3.8) is 0 Å². The largest absolute Gasteiger partial charge is 0.370 e. The molecule has 0 aromatic heterocycles. The Bertz CT molecular complexity index is 169. The molecule has 0 atom stereocenters. The fourth-order valence-electron chi connectivity index (χ4n) is 1.01. The summed E-state index contributed by atoms with van der Waals surface area (Å²) < 4.78 is 10.6. The molecule has 0 aromatic carbocycles. The van der Waals surface area contributed by atoms with Crippen molar-refractivity contribution in [3.8, 4) is 0 Å². The molecule has 4 nitrogen and oxygen atoms in total. The summed E-state index contributed by atoms with van der Waals surface area (Å²) in [5.74, 6) is -0.389. The molecule has 1 rings (SSSR count). The van der Waals surface area contributed by atoms with E-state index < -0.39 is 6.29 Å². The average Bonchev–Trinajstić information content (AvgIpc) is 1.93. The van der Waals surface area contributed by atoms with Crippen molar-refractivity contribution in [3.05, 3.63) is 0 Å². The monoisotopic (exact) mass is 173 g/mol. The quantitative estimate of drug-likeness (QED) is 0.651. The van der Waals surface area contributed by atoms with Gasteiger partial charge in [-0.05, 0) is 0 Å². The van der Waals surface area contributed by atoms with Gasteiger partial charge in [-0.25, -0.2) is 0 Å². The first-order chi connectivity index (χ1) is 5.49. The second-order valence-corrected chi connectivity index (χ2v) is 3.89. The van der Waals surface area contributed by atoms with Crippen molar-refractivity contribution in [2.75, 3.05) is 13.2 Å². The highest BCUT2D eigenvalue weighted by molar-refractivity contribution is 5.74. The lowest BCUT2D eigenvalue weighted by atomic mass is 9.95. The maximum atomic E-state index is 10.5. The molecule has 1 fully saturated rings. The topological polar surface area (TPSA) is 61.5 Å². The zero-order chi connectivity index (χ0) is 9.19.